The predicted molar refractivity (Wildman–Crippen MR) is 87.4 cm³/mol. The summed E-state index contributed by atoms with van der Waals surface area (Å²) in [7, 11) is 0. The molecule has 0 unspecified atom stereocenters. The van der Waals surface area contributed by atoms with Crippen LogP contribution in [0.2, 0.25) is 0 Å². The first kappa shape index (κ1) is 15.6. The minimum Gasteiger partial charge on any atom is -0.423 e. The van der Waals surface area contributed by atoms with Crippen LogP contribution in [0.3, 0.4) is 0 Å². The zero-order valence-electron chi connectivity index (χ0n) is 12.6. The fourth-order valence-electron chi connectivity index (χ4n) is 1.91. The summed E-state index contributed by atoms with van der Waals surface area (Å²) in [5.41, 5.74) is 12.8. The number of hydrogen-bond donors (Lipinski definition) is 2. The van der Waals surface area contributed by atoms with Crippen LogP contribution in [0.5, 0.6) is 5.75 Å². The van der Waals surface area contributed by atoms with Gasteiger partial charge in [-0.15, -0.1) is 0 Å². The summed E-state index contributed by atoms with van der Waals surface area (Å²) in [4.78, 5) is 15.9. The van der Waals surface area contributed by atoms with Gasteiger partial charge in [-0.05, 0) is 47.9 Å². The zero-order chi connectivity index (χ0) is 16.1. The molecule has 4 N–H and O–H groups in total. The lowest BCUT2D eigenvalue weighted by atomic mass is 10.0. The Kier molecular flexibility index (Phi) is 4.78. The van der Waals surface area contributed by atoms with Gasteiger partial charge in [-0.1, -0.05) is 26.0 Å². The summed E-state index contributed by atoms with van der Waals surface area (Å²) in [6, 6.07) is 14.0. The molecule has 0 bridgehead atoms. The lowest BCUT2D eigenvalue weighted by Crippen LogP contribution is -2.21. The van der Waals surface area contributed by atoms with Crippen molar-refractivity contribution in [1.82, 2.24) is 0 Å². The molecule has 2 aromatic carbocycles. The SMILES string of the molecule is CC(C)c1ccc(OC(=O)c2ccc(N=C(N)N)cc2)cc1. The van der Waals surface area contributed by atoms with Crippen LogP contribution < -0.4 is 16.2 Å². The molecule has 0 heterocycles. The van der Waals surface area contributed by atoms with E-state index in [2.05, 4.69) is 18.8 Å². The molecule has 0 radical (unpaired) electrons. The molecule has 0 atom stereocenters. The Labute approximate surface area is 129 Å². The normalized spacial score (nSPS) is 10.3. The summed E-state index contributed by atoms with van der Waals surface area (Å²) in [5.74, 6) is 0.504. The van der Waals surface area contributed by atoms with Crippen molar-refractivity contribution >= 4 is 17.6 Å². The third-order valence-electron chi connectivity index (χ3n) is 3.12. The number of carbonyl (C=O) groups excluding carboxylic acids is 1. The Morgan fingerprint density at radius 2 is 1.59 bits per heavy atom. The van der Waals surface area contributed by atoms with E-state index in [0.717, 1.165) is 0 Å². The third-order valence-corrected chi connectivity index (χ3v) is 3.12. The highest BCUT2D eigenvalue weighted by molar-refractivity contribution is 5.91. The van der Waals surface area contributed by atoms with Crippen LogP contribution in [0.4, 0.5) is 5.69 Å². The van der Waals surface area contributed by atoms with Crippen molar-refractivity contribution in [3.63, 3.8) is 0 Å². The molecule has 0 spiro atoms. The van der Waals surface area contributed by atoms with Gasteiger partial charge in [0, 0.05) is 0 Å². The highest BCUT2D eigenvalue weighted by Crippen LogP contribution is 2.20. The molecular weight excluding hydrogens is 278 g/mol. The first-order valence-corrected chi connectivity index (χ1v) is 6.97. The molecule has 5 nitrogen and oxygen atoms in total. The van der Waals surface area contributed by atoms with Gasteiger partial charge in [0.15, 0.2) is 5.96 Å². The molecule has 22 heavy (non-hydrogen) atoms. The van der Waals surface area contributed by atoms with Crippen LogP contribution in [0, 0.1) is 0 Å². The Balaban J connectivity index is 2.07. The number of ether oxygens (including phenoxy) is 1. The molecule has 0 amide bonds. The highest BCUT2D eigenvalue weighted by Gasteiger charge is 2.09. The van der Waals surface area contributed by atoms with Gasteiger partial charge in [0.25, 0.3) is 0 Å². The average molecular weight is 297 g/mol. The second-order valence-corrected chi connectivity index (χ2v) is 5.20. The zero-order valence-corrected chi connectivity index (χ0v) is 12.6. The molecule has 0 saturated carbocycles. The summed E-state index contributed by atoms with van der Waals surface area (Å²) in [5, 5.41) is 0. The van der Waals surface area contributed by atoms with E-state index in [1.165, 1.54) is 5.56 Å². The molecule has 0 saturated heterocycles. The summed E-state index contributed by atoms with van der Waals surface area (Å²) < 4.78 is 5.33. The van der Waals surface area contributed by atoms with Gasteiger partial charge in [-0.3, -0.25) is 0 Å². The van der Waals surface area contributed by atoms with Gasteiger partial charge in [0.05, 0.1) is 11.3 Å². The molecule has 2 aromatic rings. The maximum Gasteiger partial charge on any atom is 0.343 e. The van der Waals surface area contributed by atoms with E-state index in [1.807, 2.05) is 12.1 Å². The highest BCUT2D eigenvalue weighted by atomic mass is 16.5. The number of aliphatic imine (C=N–C) groups is 1. The quantitative estimate of drug-likeness (QED) is 0.393. The molecule has 0 aliphatic rings. The van der Waals surface area contributed by atoms with Crippen molar-refractivity contribution in [1.29, 1.82) is 0 Å². The lowest BCUT2D eigenvalue weighted by molar-refractivity contribution is 0.0735. The van der Waals surface area contributed by atoms with Crippen molar-refractivity contribution in [2.24, 2.45) is 16.5 Å². The Morgan fingerprint density at radius 3 is 2.09 bits per heavy atom. The van der Waals surface area contributed by atoms with E-state index in [1.54, 1.807) is 36.4 Å². The molecule has 5 heteroatoms. The van der Waals surface area contributed by atoms with Crippen molar-refractivity contribution < 1.29 is 9.53 Å². The number of esters is 1. The number of hydrogen-bond acceptors (Lipinski definition) is 3. The predicted octanol–water partition coefficient (Wildman–Crippen LogP) is 2.93. The molecular formula is C17H19N3O2. The van der Waals surface area contributed by atoms with E-state index >= 15 is 0 Å². The fourth-order valence-corrected chi connectivity index (χ4v) is 1.91. The number of benzene rings is 2. The fraction of sp³-hybridized carbons (Fsp3) is 0.176. The summed E-state index contributed by atoms with van der Waals surface area (Å²) >= 11 is 0. The molecule has 0 aliphatic heterocycles. The van der Waals surface area contributed by atoms with Crippen LogP contribution in [0.25, 0.3) is 0 Å². The molecule has 0 aromatic heterocycles. The van der Waals surface area contributed by atoms with Crippen LogP contribution in [0.15, 0.2) is 53.5 Å². The second-order valence-electron chi connectivity index (χ2n) is 5.20. The molecule has 0 aliphatic carbocycles. The van der Waals surface area contributed by atoms with Crippen LogP contribution in [-0.2, 0) is 0 Å². The number of nitrogens with zero attached hydrogens (tertiary/aromatic N) is 1. The monoisotopic (exact) mass is 297 g/mol. The average Bonchev–Trinajstić information content (AvgIpc) is 2.48. The molecule has 0 fully saturated rings. The Morgan fingerprint density at radius 1 is 1.00 bits per heavy atom. The van der Waals surface area contributed by atoms with Crippen molar-refractivity contribution in [3.05, 3.63) is 59.7 Å². The Hall–Kier alpha value is -2.82. The van der Waals surface area contributed by atoms with Gasteiger partial charge in [0.2, 0.25) is 0 Å². The topological polar surface area (TPSA) is 90.7 Å². The molecule has 2 rings (SSSR count). The van der Waals surface area contributed by atoms with Gasteiger partial charge in [-0.2, -0.15) is 0 Å². The van der Waals surface area contributed by atoms with Gasteiger partial charge < -0.3 is 16.2 Å². The van der Waals surface area contributed by atoms with Gasteiger partial charge in [-0.25, -0.2) is 9.79 Å². The first-order chi connectivity index (χ1) is 10.5. The maximum atomic E-state index is 12.1. The summed E-state index contributed by atoms with van der Waals surface area (Å²) in [6.45, 7) is 4.22. The lowest BCUT2D eigenvalue weighted by Gasteiger charge is -2.08. The number of rotatable bonds is 4. The van der Waals surface area contributed by atoms with Crippen molar-refractivity contribution in [2.75, 3.05) is 0 Å². The standard InChI is InChI=1S/C17H19N3O2/c1-11(2)12-5-9-15(10-6-12)22-16(21)13-3-7-14(8-4-13)20-17(18)19/h3-11H,1-2H3,(H4,18,19,20). The second kappa shape index (κ2) is 6.76. The van der Waals surface area contributed by atoms with Crippen LogP contribution in [-0.4, -0.2) is 11.9 Å². The first-order valence-electron chi connectivity index (χ1n) is 6.97. The van der Waals surface area contributed by atoms with Gasteiger partial charge >= 0.3 is 5.97 Å². The van der Waals surface area contributed by atoms with Crippen LogP contribution in [0.1, 0.15) is 35.7 Å². The maximum absolute atomic E-state index is 12.1. The number of nitrogens with two attached hydrogens (primary N) is 2. The van der Waals surface area contributed by atoms with E-state index in [4.69, 9.17) is 16.2 Å². The van der Waals surface area contributed by atoms with Crippen molar-refractivity contribution in [2.45, 2.75) is 19.8 Å². The van der Waals surface area contributed by atoms with Gasteiger partial charge in [0.1, 0.15) is 5.75 Å². The Bertz CT molecular complexity index is 670. The van der Waals surface area contributed by atoms with E-state index in [0.29, 0.717) is 22.9 Å². The minimum absolute atomic E-state index is 0.0273. The van der Waals surface area contributed by atoms with E-state index in [9.17, 15) is 4.79 Å². The largest absolute Gasteiger partial charge is 0.423 e. The minimum atomic E-state index is -0.423. The van der Waals surface area contributed by atoms with Crippen molar-refractivity contribution in [3.8, 4) is 5.75 Å². The van der Waals surface area contributed by atoms with E-state index in [-0.39, 0.29) is 5.96 Å². The third kappa shape index (κ3) is 4.09. The molecule has 114 valence electrons. The number of carbonyl (C=O) groups is 1. The smallest absolute Gasteiger partial charge is 0.343 e. The number of guanidine groups is 1. The van der Waals surface area contributed by atoms with E-state index < -0.39 is 5.97 Å². The summed E-state index contributed by atoms with van der Waals surface area (Å²) in [6.07, 6.45) is 0. The van der Waals surface area contributed by atoms with Crippen LogP contribution >= 0.6 is 0 Å².